The molecule has 0 N–H and O–H groups in total. The van der Waals surface area contributed by atoms with Crippen molar-refractivity contribution in [2.45, 2.75) is 18.1 Å². The van der Waals surface area contributed by atoms with Gasteiger partial charge in [-0.1, -0.05) is 0 Å². The van der Waals surface area contributed by atoms with Crippen LogP contribution in [0.15, 0.2) is 18.3 Å². The Labute approximate surface area is 77.3 Å². The van der Waals surface area contributed by atoms with Crippen LogP contribution in [0.5, 0.6) is 0 Å². The third kappa shape index (κ3) is 0.914. The molecular weight excluding hydrogens is 166 g/mol. The van der Waals surface area contributed by atoms with Crippen molar-refractivity contribution in [2.24, 2.45) is 7.05 Å². The van der Waals surface area contributed by atoms with Gasteiger partial charge in [0, 0.05) is 26.3 Å². The highest BCUT2D eigenvalue weighted by Gasteiger charge is 2.60. The molecule has 0 bridgehead atoms. The van der Waals surface area contributed by atoms with Crippen molar-refractivity contribution in [1.82, 2.24) is 4.57 Å². The largest absolute Gasteiger partial charge is 0.378 e. The topological polar surface area (TPSA) is 26.7 Å². The Balaban J connectivity index is 1.97. The predicted molar refractivity (Wildman–Crippen MR) is 47.4 cm³/mol. The summed E-state index contributed by atoms with van der Waals surface area (Å²) in [6.45, 7) is 1.58. The molecule has 70 valence electrons. The molecule has 2 atom stereocenters. The lowest BCUT2D eigenvalue weighted by molar-refractivity contribution is 0.0962. The Morgan fingerprint density at radius 2 is 2.54 bits per heavy atom. The smallest absolute Gasteiger partial charge is 0.139 e. The van der Waals surface area contributed by atoms with Crippen molar-refractivity contribution >= 4 is 0 Å². The molecule has 3 nitrogen and oxygen atoms in total. The van der Waals surface area contributed by atoms with Gasteiger partial charge in [0.25, 0.3) is 0 Å². The molecule has 0 amide bonds. The first-order valence-electron chi connectivity index (χ1n) is 4.70. The Bertz CT molecular complexity index is 333. The van der Waals surface area contributed by atoms with Crippen LogP contribution < -0.4 is 0 Å². The van der Waals surface area contributed by atoms with Gasteiger partial charge in [0.1, 0.15) is 11.7 Å². The fourth-order valence-corrected chi connectivity index (χ4v) is 2.28. The molecule has 0 unspecified atom stereocenters. The molecule has 2 saturated heterocycles. The minimum absolute atomic E-state index is 0.00347. The van der Waals surface area contributed by atoms with E-state index in [0.717, 1.165) is 19.6 Å². The fraction of sp³-hybridized carbons (Fsp3) is 0.600. The van der Waals surface area contributed by atoms with Gasteiger partial charge in [-0.25, -0.2) is 0 Å². The standard InChI is InChI=1S/C10H13NO2/c1-11-5-2-3-8(11)10-4-6-12-7-9(10)13-10/h2-3,5,9H,4,6-7H2,1H3/t9-,10-/m0/s1. The van der Waals surface area contributed by atoms with Crippen LogP contribution in [-0.2, 0) is 22.1 Å². The van der Waals surface area contributed by atoms with Crippen LogP contribution in [0.3, 0.4) is 0 Å². The van der Waals surface area contributed by atoms with Crippen molar-refractivity contribution < 1.29 is 9.47 Å². The highest BCUT2D eigenvalue weighted by molar-refractivity contribution is 5.25. The molecule has 3 heteroatoms. The zero-order valence-corrected chi connectivity index (χ0v) is 7.69. The van der Waals surface area contributed by atoms with Gasteiger partial charge >= 0.3 is 0 Å². The average molecular weight is 179 g/mol. The van der Waals surface area contributed by atoms with Crippen LogP contribution in [0.4, 0.5) is 0 Å². The summed E-state index contributed by atoms with van der Waals surface area (Å²) in [5, 5.41) is 0. The summed E-state index contributed by atoms with van der Waals surface area (Å²) >= 11 is 0. The number of ether oxygens (including phenoxy) is 2. The number of rotatable bonds is 1. The maximum atomic E-state index is 5.74. The Kier molecular flexibility index (Phi) is 1.38. The number of epoxide rings is 1. The lowest BCUT2D eigenvalue weighted by atomic mass is 9.96. The zero-order valence-electron chi connectivity index (χ0n) is 7.69. The van der Waals surface area contributed by atoms with Crippen molar-refractivity contribution in [3.63, 3.8) is 0 Å². The molecule has 0 aliphatic carbocycles. The molecule has 3 heterocycles. The van der Waals surface area contributed by atoms with Crippen LogP contribution in [-0.4, -0.2) is 23.9 Å². The Hall–Kier alpha value is -0.800. The van der Waals surface area contributed by atoms with Crippen LogP contribution in [0.25, 0.3) is 0 Å². The van der Waals surface area contributed by atoms with Gasteiger partial charge in [-0.15, -0.1) is 0 Å². The second-order valence-corrected chi connectivity index (χ2v) is 3.83. The second kappa shape index (κ2) is 2.36. The third-order valence-corrected chi connectivity index (χ3v) is 3.08. The van der Waals surface area contributed by atoms with Crippen LogP contribution in [0.2, 0.25) is 0 Å². The second-order valence-electron chi connectivity index (χ2n) is 3.83. The SMILES string of the molecule is Cn1cccc1[C@@]12CCOC[C@@H]1O2. The summed E-state index contributed by atoms with van der Waals surface area (Å²) in [6, 6.07) is 4.21. The number of aryl methyl sites for hydroxylation is 1. The molecule has 2 aliphatic rings. The number of hydrogen-bond donors (Lipinski definition) is 0. The lowest BCUT2D eigenvalue weighted by Gasteiger charge is -2.18. The molecular formula is C10H13NO2. The van der Waals surface area contributed by atoms with E-state index in [2.05, 4.69) is 29.9 Å². The maximum Gasteiger partial charge on any atom is 0.139 e. The fourth-order valence-electron chi connectivity index (χ4n) is 2.28. The van der Waals surface area contributed by atoms with Crippen molar-refractivity contribution in [3.8, 4) is 0 Å². The normalized spacial score (nSPS) is 37.2. The van der Waals surface area contributed by atoms with E-state index in [1.165, 1.54) is 5.69 Å². The molecule has 0 spiro atoms. The molecule has 13 heavy (non-hydrogen) atoms. The highest BCUT2D eigenvalue weighted by atomic mass is 16.6. The Morgan fingerprint density at radius 1 is 1.62 bits per heavy atom. The minimum atomic E-state index is -0.00347. The third-order valence-electron chi connectivity index (χ3n) is 3.08. The molecule has 0 radical (unpaired) electrons. The van der Waals surface area contributed by atoms with Crippen molar-refractivity contribution in [1.29, 1.82) is 0 Å². The number of fused-ring (bicyclic) bond motifs is 1. The first-order valence-corrected chi connectivity index (χ1v) is 4.70. The van der Waals surface area contributed by atoms with Gasteiger partial charge < -0.3 is 14.0 Å². The first-order chi connectivity index (χ1) is 6.33. The molecule has 3 rings (SSSR count). The van der Waals surface area contributed by atoms with Gasteiger partial charge in [0.2, 0.25) is 0 Å². The van der Waals surface area contributed by atoms with Gasteiger partial charge in [0.05, 0.1) is 12.3 Å². The van der Waals surface area contributed by atoms with Crippen LogP contribution in [0, 0.1) is 0 Å². The van der Waals surface area contributed by atoms with E-state index in [-0.39, 0.29) is 5.60 Å². The summed E-state index contributed by atoms with van der Waals surface area (Å²) in [7, 11) is 2.07. The van der Waals surface area contributed by atoms with E-state index in [1.54, 1.807) is 0 Å². The van der Waals surface area contributed by atoms with E-state index in [0.29, 0.717) is 6.10 Å². The summed E-state index contributed by atoms with van der Waals surface area (Å²) < 4.78 is 13.2. The highest BCUT2D eigenvalue weighted by Crippen LogP contribution is 2.51. The van der Waals surface area contributed by atoms with Crippen LogP contribution >= 0.6 is 0 Å². The monoisotopic (exact) mass is 179 g/mol. The zero-order chi connectivity index (χ0) is 8.89. The Morgan fingerprint density at radius 3 is 3.23 bits per heavy atom. The first kappa shape index (κ1) is 7.59. The average Bonchev–Trinajstić information content (AvgIpc) is 2.74. The molecule has 0 aromatic carbocycles. The molecule has 2 fully saturated rings. The van der Waals surface area contributed by atoms with E-state index in [1.807, 2.05) is 0 Å². The summed E-state index contributed by atoms with van der Waals surface area (Å²) in [5.41, 5.74) is 1.29. The van der Waals surface area contributed by atoms with Gasteiger partial charge in [-0.2, -0.15) is 0 Å². The van der Waals surface area contributed by atoms with E-state index in [9.17, 15) is 0 Å². The summed E-state index contributed by atoms with van der Waals surface area (Å²) in [5.74, 6) is 0. The summed E-state index contributed by atoms with van der Waals surface area (Å²) in [4.78, 5) is 0. The number of aromatic nitrogens is 1. The maximum absolute atomic E-state index is 5.74. The quantitative estimate of drug-likeness (QED) is 0.602. The van der Waals surface area contributed by atoms with Crippen molar-refractivity contribution in [3.05, 3.63) is 24.0 Å². The van der Waals surface area contributed by atoms with E-state index < -0.39 is 0 Å². The van der Waals surface area contributed by atoms with Crippen molar-refractivity contribution in [2.75, 3.05) is 13.2 Å². The molecule has 1 aromatic heterocycles. The van der Waals surface area contributed by atoms with Gasteiger partial charge in [-0.05, 0) is 12.1 Å². The van der Waals surface area contributed by atoms with Crippen LogP contribution in [0.1, 0.15) is 12.1 Å². The summed E-state index contributed by atoms with van der Waals surface area (Å²) in [6.07, 6.45) is 3.36. The molecule has 1 aromatic rings. The van der Waals surface area contributed by atoms with E-state index in [4.69, 9.17) is 9.47 Å². The minimum Gasteiger partial charge on any atom is -0.378 e. The van der Waals surface area contributed by atoms with E-state index >= 15 is 0 Å². The predicted octanol–water partition coefficient (Wildman–Crippen LogP) is 1.04. The number of nitrogens with zero attached hydrogens (tertiary/aromatic N) is 1. The van der Waals surface area contributed by atoms with Gasteiger partial charge in [-0.3, -0.25) is 0 Å². The lowest BCUT2D eigenvalue weighted by Crippen LogP contribution is -2.26. The van der Waals surface area contributed by atoms with Gasteiger partial charge in [0.15, 0.2) is 0 Å². The molecule has 0 saturated carbocycles. The number of hydrogen-bond acceptors (Lipinski definition) is 2. The molecule has 2 aliphatic heterocycles.